The van der Waals surface area contributed by atoms with Crippen LogP contribution in [0.4, 0.5) is 0 Å². The van der Waals surface area contributed by atoms with Gasteiger partial charge in [-0.3, -0.25) is 9.59 Å². The van der Waals surface area contributed by atoms with Crippen molar-refractivity contribution >= 4 is 16.9 Å². The molecular weight excluding hydrogens is 406 g/mol. The first-order valence-electron chi connectivity index (χ1n) is 10.4. The van der Waals surface area contributed by atoms with Crippen LogP contribution in [-0.4, -0.2) is 32.8 Å². The zero-order valence-electron chi connectivity index (χ0n) is 18.3. The normalized spacial score (nSPS) is 12.0. The Labute approximate surface area is 185 Å². The van der Waals surface area contributed by atoms with Gasteiger partial charge in [-0.1, -0.05) is 35.9 Å². The van der Waals surface area contributed by atoms with Gasteiger partial charge in [0, 0.05) is 18.4 Å². The molecule has 0 radical (unpaired) electrons. The number of hydrogen-bond acceptors (Lipinski definition) is 5. The van der Waals surface area contributed by atoms with Crippen molar-refractivity contribution in [2.75, 3.05) is 7.11 Å². The number of ether oxygens (including phenoxy) is 1. The van der Waals surface area contributed by atoms with Gasteiger partial charge in [-0.2, -0.15) is 5.10 Å². The third-order valence-electron chi connectivity index (χ3n) is 5.31. The van der Waals surface area contributed by atoms with Crippen LogP contribution in [0.3, 0.4) is 0 Å². The number of amides is 1. The minimum Gasteiger partial charge on any atom is -0.496 e. The number of aryl methyl sites for hydroxylation is 2. The van der Waals surface area contributed by atoms with E-state index in [2.05, 4.69) is 20.4 Å². The van der Waals surface area contributed by atoms with Crippen molar-refractivity contribution in [2.45, 2.75) is 32.7 Å². The molecule has 1 atom stereocenters. The number of hydrogen-bond donors (Lipinski definition) is 2. The van der Waals surface area contributed by atoms with Crippen molar-refractivity contribution in [3.8, 4) is 11.4 Å². The molecule has 2 aromatic heterocycles. The molecule has 0 aliphatic carbocycles. The smallest absolute Gasteiger partial charge is 0.262 e. The quantitative estimate of drug-likeness (QED) is 0.468. The van der Waals surface area contributed by atoms with Gasteiger partial charge < -0.3 is 15.0 Å². The number of carbonyl (C=O) groups is 1. The number of nitrogens with zero attached hydrogens (tertiary/aromatic N) is 3. The molecule has 8 nitrogen and oxygen atoms in total. The summed E-state index contributed by atoms with van der Waals surface area (Å²) < 4.78 is 7.04. The van der Waals surface area contributed by atoms with Gasteiger partial charge in [0.2, 0.25) is 5.91 Å². The second-order valence-corrected chi connectivity index (χ2v) is 7.68. The summed E-state index contributed by atoms with van der Waals surface area (Å²) in [5, 5.41) is 7.70. The monoisotopic (exact) mass is 431 g/mol. The Bertz CT molecular complexity index is 1310. The number of nitrogens with one attached hydrogen (secondary N) is 2. The lowest BCUT2D eigenvalue weighted by molar-refractivity contribution is -0.121. The molecule has 32 heavy (non-hydrogen) atoms. The molecular formula is C24H25N5O3. The zero-order chi connectivity index (χ0) is 22.7. The van der Waals surface area contributed by atoms with E-state index in [1.54, 1.807) is 11.8 Å². The van der Waals surface area contributed by atoms with E-state index in [9.17, 15) is 9.59 Å². The maximum Gasteiger partial charge on any atom is 0.262 e. The molecule has 2 aromatic carbocycles. The van der Waals surface area contributed by atoms with E-state index in [0.29, 0.717) is 23.3 Å². The molecule has 1 amide bonds. The second kappa shape index (κ2) is 9.05. The van der Waals surface area contributed by atoms with Gasteiger partial charge in [0.25, 0.3) is 5.56 Å². The van der Waals surface area contributed by atoms with Crippen LogP contribution in [0.15, 0.2) is 59.5 Å². The summed E-state index contributed by atoms with van der Waals surface area (Å²) in [5.41, 5.74) is 3.01. The lowest BCUT2D eigenvalue weighted by Crippen LogP contribution is -2.27. The molecule has 4 aromatic rings. The highest BCUT2D eigenvalue weighted by molar-refractivity contribution is 5.77. The van der Waals surface area contributed by atoms with Gasteiger partial charge in [-0.05, 0) is 32.0 Å². The SMILES string of the molecule is COc1ccc(C)cc1C(C)NC(=O)CCc1nc2c(cnn2-c2ccccc2)c(=O)[nH]1. The number of para-hydroxylation sites is 1. The van der Waals surface area contributed by atoms with Crippen LogP contribution < -0.4 is 15.6 Å². The fourth-order valence-corrected chi connectivity index (χ4v) is 3.66. The van der Waals surface area contributed by atoms with Crippen molar-refractivity contribution < 1.29 is 9.53 Å². The van der Waals surface area contributed by atoms with Crippen LogP contribution >= 0.6 is 0 Å². The lowest BCUT2D eigenvalue weighted by atomic mass is 10.0. The molecule has 0 saturated heterocycles. The molecule has 0 aliphatic heterocycles. The van der Waals surface area contributed by atoms with Crippen LogP contribution in [0.5, 0.6) is 5.75 Å². The van der Waals surface area contributed by atoms with Crippen molar-refractivity contribution in [3.63, 3.8) is 0 Å². The van der Waals surface area contributed by atoms with Crippen LogP contribution in [0, 0.1) is 6.92 Å². The van der Waals surface area contributed by atoms with Crippen molar-refractivity contribution in [1.29, 1.82) is 0 Å². The summed E-state index contributed by atoms with van der Waals surface area (Å²) in [4.78, 5) is 32.4. The van der Waals surface area contributed by atoms with E-state index in [0.717, 1.165) is 22.6 Å². The Morgan fingerprint density at radius 2 is 2.00 bits per heavy atom. The molecule has 0 spiro atoms. The van der Waals surface area contributed by atoms with Gasteiger partial charge in [0.1, 0.15) is 17.0 Å². The maximum absolute atomic E-state index is 12.6. The number of benzene rings is 2. The predicted octanol–water partition coefficient (Wildman–Crippen LogP) is 3.24. The van der Waals surface area contributed by atoms with Crippen LogP contribution in [0.25, 0.3) is 16.7 Å². The fraction of sp³-hybridized carbons (Fsp3) is 0.250. The average molecular weight is 431 g/mol. The Kier molecular flexibility index (Phi) is 6.02. The third-order valence-corrected chi connectivity index (χ3v) is 5.31. The van der Waals surface area contributed by atoms with Gasteiger partial charge in [0.05, 0.1) is 25.0 Å². The summed E-state index contributed by atoms with van der Waals surface area (Å²) in [6.07, 6.45) is 1.99. The van der Waals surface area contributed by atoms with Gasteiger partial charge in [0.15, 0.2) is 5.65 Å². The number of rotatable bonds is 7. The zero-order valence-corrected chi connectivity index (χ0v) is 18.3. The van der Waals surface area contributed by atoms with Crippen molar-refractivity contribution in [3.05, 3.63) is 82.0 Å². The van der Waals surface area contributed by atoms with Crippen LogP contribution in [0.1, 0.15) is 36.3 Å². The van der Waals surface area contributed by atoms with Gasteiger partial charge in [-0.15, -0.1) is 0 Å². The fourth-order valence-electron chi connectivity index (χ4n) is 3.66. The third kappa shape index (κ3) is 4.39. The first kappa shape index (κ1) is 21.3. The molecule has 2 heterocycles. The van der Waals surface area contributed by atoms with Crippen molar-refractivity contribution in [2.24, 2.45) is 0 Å². The van der Waals surface area contributed by atoms with E-state index in [1.807, 2.05) is 62.4 Å². The highest BCUT2D eigenvalue weighted by Gasteiger charge is 2.16. The molecule has 0 aliphatic rings. The van der Waals surface area contributed by atoms with Crippen molar-refractivity contribution in [1.82, 2.24) is 25.1 Å². The van der Waals surface area contributed by atoms with Crippen LogP contribution in [-0.2, 0) is 11.2 Å². The Balaban J connectivity index is 1.49. The molecule has 4 rings (SSSR count). The largest absolute Gasteiger partial charge is 0.496 e. The number of carbonyl (C=O) groups excluding carboxylic acids is 1. The average Bonchev–Trinajstić information content (AvgIpc) is 3.23. The van der Waals surface area contributed by atoms with E-state index < -0.39 is 0 Å². The number of H-pyrrole nitrogens is 1. The topological polar surface area (TPSA) is 102 Å². The number of methoxy groups -OCH3 is 1. The van der Waals surface area contributed by atoms with E-state index in [-0.39, 0.29) is 23.9 Å². The Hall–Kier alpha value is -3.94. The molecule has 8 heteroatoms. The predicted molar refractivity (Wildman–Crippen MR) is 122 cm³/mol. The van der Waals surface area contributed by atoms with E-state index in [1.165, 1.54) is 6.20 Å². The summed E-state index contributed by atoms with van der Waals surface area (Å²) in [7, 11) is 1.61. The maximum atomic E-state index is 12.6. The minimum absolute atomic E-state index is 0.139. The standard InChI is InChI=1S/C24H25N5O3/c1-15-9-10-20(32-3)18(13-15)16(2)26-22(30)12-11-21-27-23-19(24(31)28-21)14-25-29(23)17-7-5-4-6-8-17/h4-10,13-14,16H,11-12H2,1-3H3,(H,26,30)(H,27,28,31). The molecule has 0 saturated carbocycles. The highest BCUT2D eigenvalue weighted by Crippen LogP contribution is 2.26. The molecule has 2 N–H and O–H groups in total. The summed E-state index contributed by atoms with van der Waals surface area (Å²) in [6.45, 7) is 3.91. The molecule has 1 unspecified atom stereocenters. The summed E-state index contributed by atoms with van der Waals surface area (Å²) in [6, 6.07) is 15.1. The lowest BCUT2D eigenvalue weighted by Gasteiger charge is -2.18. The summed E-state index contributed by atoms with van der Waals surface area (Å²) in [5.74, 6) is 1.03. The number of aromatic nitrogens is 4. The van der Waals surface area contributed by atoms with E-state index in [4.69, 9.17) is 4.74 Å². The highest BCUT2D eigenvalue weighted by atomic mass is 16.5. The first-order valence-corrected chi connectivity index (χ1v) is 10.4. The number of aromatic amines is 1. The minimum atomic E-state index is -0.273. The first-order chi connectivity index (χ1) is 15.5. The van der Waals surface area contributed by atoms with Gasteiger partial charge in [-0.25, -0.2) is 9.67 Å². The second-order valence-electron chi connectivity index (χ2n) is 7.68. The molecule has 0 bridgehead atoms. The van der Waals surface area contributed by atoms with Gasteiger partial charge >= 0.3 is 0 Å². The van der Waals surface area contributed by atoms with Crippen LogP contribution in [0.2, 0.25) is 0 Å². The summed E-state index contributed by atoms with van der Waals surface area (Å²) >= 11 is 0. The molecule has 0 fully saturated rings. The Morgan fingerprint density at radius 1 is 1.22 bits per heavy atom. The Morgan fingerprint density at radius 3 is 2.75 bits per heavy atom. The molecule has 164 valence electrons. The van der Waals surface area contributed by atoms with E-state index >= 15 is 0 Å². The number of fused-ring (bicyclic) bond motifs is 1.